The zero-order valence-electron chi connectivity index (χ0n) is 15.9. The summed E-state index contributed by atoms with van der Waals surface area (Å²) in [6, 6.07) is 11.8. The summed E-state index contributed by atoms with van der Waals surface area (Å²) in [4.78, 5) is 16.1. The number of benzene rings is 1. The van der Waals surface area contributed by atoms with E-state index in [-0.39, 0.29) is 5.91 Å². The molecule has 1 aromatic carbocycles. The Hall–Kier alpha value is -2.19. The second-order valence-electron chi connectivity index (χ2n) is 6.55. The second-order valence-corrected chi connectivity index (χ2v) is 8.97. The Labute approximate surface area is 172 Å². The van der Waals surface area contributed by atoms with Crippen LogP contribution < -0.4 is 4.90 Å². The summed E-state index contributed by atoms with van der Waals surface area (Å²) in [5.41, 5.74) is 1.01. The van der Waals surface area contributed by atoms with Gasteiger partial charge in [0, 0.05) is 23.2 Å². The molecule has 1 atom stereocenters. The van der Waals surface area contributed by atoms with Crippen LogP contribution in [0.3, 0.4) is 0 Å². The van der Waals surface area contributed by atoms with Crippen LogP contribution in [0.4, 0.5) is 5.69 Å². The van der Waals surface area contributed by atoms with Gasteiger partial charge in [0.1, 0.15) is 0 Å². The topological polar surface area (TPSA) is 64.2 Å². The predicted octanol–water partition coefficient (Wildman–Crippen LogP) is 4.57. The third kappa shape index (κ3) is 3.84. The largest absolute Gasteiger partial charge is 0.461 e. The zero-order valence-corrected chi connectivity index (χ0v) is 17.5. The summed E-state index contributed by atoms with van der Waals surface area (Å²) in [5, 5.41) is 9.75. The molecule has 3 heterocycles. The highest BCUT2D eigenvalue weighted by Gasteiger charge is 2.25. The predicted molar refractivity (Wildman–Crippen MR) is 113 cm³/mol. The van der Waals surface area contributed by atoms with E-state index in [1.165, 1.54) is 16.7 Å². The van der Waals surface area contributed by atoms with Crippen molar-refractivity contribution in [3.8, 4) is 11.6 Å². The van der Waals surface area contributed by atoms with Crippen LogP contribution in [0.5, 0.6) is 0 Å². The standard InChI is InChI=1S/C20H22N4O2S2/c1-3-23-19(16-8-6-12-26-16)21-22-20(23)27-13-18(25)24-11-10-14(2)28-17-9-5-4-7-15(17)24/h4-9,12,14H,3,10-11,13H2,1-2H3/t14-/m1/s1. The van der Waals surface area contributed by atoms with Gasteiger partial charge >= 0.3 is 0 Å². The van der Waals surface area contributed by atoms with E-state index in [0.717, 1.165) is 23.8 Å². The average molecular weight is 415 g/mol. The molecule has 0 saturated carbocycles. The number of para-hydroxylation sites is 1. The number of carbonyl (C=O) groups is 1. The van der Waals surface area contributed by atoms with Gasteiger partial charge in [0.25, 0.3) is 0 Å². The number of amides is 1. The maximum Gasteiger partial charge on any atom is 0.237 e. The first-order valence-electron chi connectivity index (χ1n) is 9.33. The molecule has 8 heteroatoms. The molecule has 0 radical (unpaired) electrons. The van der Waals surface area contributed by atoms with Gasteiger partial charge in [0.15, 0.2) is 16.7 Å². The maximum absolute atomic E-state index is 13.0. The Morgan fingerprint density at radius 1 is 1.29 bits per heavy atom. The fourth-order valence-electron chi connectivity index (χ4n) is 3.22. The molecule has 0 saturated heterocycles. The van der Waals surface area contributed by atoms with Crippen molar-refractivity contribution in [1.29, 1.82) is 0 Å². The lowest BCUT2D eigenvalue weighted by Crippen LogP contribution is -2.33. The fraction of sp³-hybridized carbons (Fsp3) is 0.350. The van der Waals surface area contributed by atoms with Crippen molar-refractivity contribution in [3.05, 3.63) is 42.7 Å². The molecule has 4 rings (SSSR count). The molecule has 1 aliphatic rings. The zero-order chi connectivity index (χ0) is 19.5. The van der Waals surface area contributed by atoms with Crippen molar-refractivity contribution in [3.63, 3.8) is 0 Å². The molecular formula is C20H22N4O2S2. The number of hydrogen-bond donors (Lipinski definition) is 0. The Morgan fingerprint density at radius 3 is 2.93 bits per heavy atom. The van der Waals surface area contributed by atoms with E-state index in [2.05, 4.69) is 23.2 Å². The van der Waals surface area contributed by atoms with Crippen molar-refractivity contribution >= 4 is 35.1 Å². The molecule has 1 amide bonds. The molecule has 3 aromatic rings. The number of carbonyl (C=O) groups excluding carboxylic acids is 1. The van der Waals surface area contributed by atoms with Crippen LogP contribution in [-0.2, 0) is 11.3 Å². The number of rotatable bonds is 5. The van der Waals surface area contributed by atoms with Gasteiger partial charge in [0.05, 0.1) is 17.7 Å². The first-order chi connectivity index (χ1) is 13.7. The van der Waals surface area contributed by atoms with Gasteiger partial charge in [-0.3, -0.25) is 9.36 Å². The lowest BCUT2D eigenvalue weighted by Gasteiger charge is -2.22. The average Bonchev–Trinajstić information content (AvgIpc) is 3.33. The molecule has 0 bridgehead atoms. The van der Waals surface area contributed by atoms with Gasteiger partial charge < -0.3 is 9.32 Å². The second kappa shape index (κ2) is 8.45. The number of nitrogens with zero attached hydrogens (tertiary/aromatic N) is 4. The Balaban J connectivity index is 1.51. The highest BCUT2D eigenvalue weighted by molar-refractivity contribution is 8.00. The number of aromatic nitrogens is 3. The third-order valence-electron chi connectivity index (χ3n) is 4.64. The van der Waals surface area contributed by atoms with Crippen LogP contribution in [-0.4, -0.2) is 38.2 Å². The summed E-state index contributed by atoms with van der Waals surface area (Å²) in [6.45, 7) is 5.69. The van der Waals surface area contributed by atoms with E-state index in [0.29, 0.717) is 29.1 Å². The lowest BCUT2D eigenvalue weighted by molar-refractivity contribution is -0.116. The molecule has 6 nitrogen and oxygen atoms in total. The molecule has 0 aliphatic carbocycles. The molecule has 0 spiro atoms. The van der Waals surface area contributed by atoms with Gasteiger partial charge in [-0.1, -0.05) is 30.8 Å². The van der Waals surface area contributed by atoms with Crippen molar-refractivity contribution in [2.75, 3.05) is 17.2 Å². The fourth-order valence-corrected chi connectivity index (χ4v) is 5.21. The quantitative estimate of drug-likeness (QED) is 0.570. The van der Waals surface area contributed by atoms with Crippen molar-refractivity contribution in [2.45, 2.75) is 42.1 Å². The number of fused-ring (bicyclic) bond motifs is 1. The Kier molecular flexibility index (Phi) is 5.77. The van der Waals surface area contributed by atoms with Crippen molar-refractivity contribution in [1.82, 2.24) is 14.8 Å². The van der Waals surface area contributed by atoms with E-state index in [1.807, 2.05) is 58.5 Å². The molecule has 146 valence electrons. The van der Waals surface area contributed by atoms with Gasteiger partial charge in [-0.2, -0.15) is 0 Å². The van der Waals surface area contributed by atoms with Gasteiger partial charge in [-0.25, -0.2) is 0 Å². The van der Waals surface area contributed by atoms with Crippen LogP contribution in [0.2, 0.25) is 0 Å². The van der Waals surface area contributed by atoms with Gasteiger partial charge in [-0.05, 0) is 37.6 Å². The van der Waals surface area contributed by atoms with Crippen molar-refractivity contribution < 1.29 is 9.21 Å². The summed E-state index contributed by atoms with van der Waals surface area (Å²) >= 11 is 3.26. The van der Waals surface area contributed by atoms with E-state index in [4.69, 9.17) is 4.42 Å². The molecule has 28 heavy (non-hydrogen) atoms. The SMILES string of the molecule is CCn1c(SCC(=O)N2CC[C@@H](C)Sc3ccccc32)nnc1-c1ccco1. The maximum atomic E-state index is 13.0. The van der Waals surface area contributed by atoms with E-state index < -0.39 is 0 Å². The van der Waals surface area contributed by atoms with Gasteiger partial charge in [0.2, 0.25) is 5.91 Å². The molecular weight excluding hydrogens is 392 g/mol. The summed E-state index contributed by atoms with van der Waals surface area (Å²) in [7, 11) is 0. The smallest absolute Gasteiger partial charge is 0.237 e. The van der Waals surface area contributed by atoms with Crippen molar-refractivity contribution in [2.24, 2.45) is 0 Å². The van der Waals surface area contributed by atoms with Crippen LogP contribution in [0.25, 0.3) is 11.6 Å². The Morgan fingerprint density at radius 2 is 2.14 bits per heavy atom. The summed E-state index contributed by atoms with van der Waals surface area (Å²) < 4.78 is 7.43. The first kappa shape index (κ1) is 19.1. The van der Waals surface area contributed by atoms with Crippen LogP contribution in [0, 0.1) is 0 Å². The first-order valence-corrected chi connectivity index (χ1v) is 11.2. The highest BCUT2D eigenvalue weighted by atomic mass is 32.2. The van der Waals surface area contributed by atoms with E-state index in [9.17, 15) is 4.79 Å². The minimum absolute atomic E-state index is 0.0948. The third-order valence-corrected chi connectivity index (χ3v) is 6.83. The molecule has 0 N–H and O–H groups in total. The summed E-state index contributed by atoms with van der Waals surface area (Å²) in [5.74, 6) is 1.79. The van der Waals surface area contributed by atoms with Crippen LogP contribution in [0.15, 0.2) is 57.1 Å². The van der Waals surface area contributed by atoms with E-state index in [1.54, 1.807) is 6.26 Å². The van der Waals surface area contributed by atoms with E-state index >= 15 is 0 Å². The Bertz CT molecular complexity index is 955. The number of thioether (sulfide) groups is 2. The molecule has 2 aromatic heterocycles. The minimum atomic E-state index is 0.0948. The molecule has 0 unspecified atom stereocenters. The number of furan rings is 1. The van der Waals surface area contributed by atoms with Crippen LogP contribution >= 0.6 is 23.5 Å². The molecule has 1 aliphatic heterocycles. The number of hydrogen-bond acceptors (Lipinski definition) is 6. The minimum Gasteiger partial charge on any atom is -0.461 e. The number of anilines is 1. The lowest BCUT2D eigenvalue weighted by atomic mass is 10.2. The normalized spacial score (nSPS) is 16.6. The van der Waals surface area contributed by atoms with Crippen LogP contribution in [0.1, 0.15) is 20.3 Å². The monoisotopic (exact) mass is 414 g/mol. The van der Waals surface area contributed by atoms with Gasteiger partial charge in [-0.15, -0.1) is 22.0 Å². The highest BCUT2D eigenvalue weighted by Crippen LogP contribution is 2.37. The summed E-state index contributed by atoms with van der Waals surface area (Å²) in [6.07, 6.45) is 2.60. The molecule has 0 fully saturated rings.